The monoisotopic (exact) mass is 270 g/mol. The lowest BCUT2D eigenvalue weighted by Crippen LogP contribution is -2.35. The quantitative estimate of drug-likeness (QED) is 0.905. The summed E-state index contributed by atoms with van der Waals surface area (Å²) >= 11 is 0. The molecule has 4 heterocycles. The molecule has 106 valence electrons. The average molecular weight is 270 g/mol. The van der Waals surface area contributed by atoms with Gasteiger partial charge in [-0.3, -0.25) is 4.90 Å². The van der Waals surface area contributed by atoms with Gasteiger partial charge in [0.2, 0.25) is 0 Å². The van der Waals surface area contributed by atoms with Crippen molar-refractivity contribution < 1.29 is 0 Å². The first-order valence-electron chi connectivity index (χ1n) is 7.69. The lowest BCUT2D eigenvalue weighted by Gasteiger charge is -2.22. The molecule has 2 aromatic heterocycles. The van der Waals surface area contributed by atoms with Crippen molar-refractivity contribution in [3.8, 4) is 0 Å². The Kier molecular flexibility index (Phi) is 3.00. The first-order chi connectivity index (χ1) is 9.78. The molecule has 2 atom stereocenters. The fraction of sp³-hybridized carbons (Fsp3) is 0.562. The summed E-state index contributed by atoms with van der Waals surface area (Å²) < 4.78 is 2.15. The molecule has 2 aromatic rings. The minimum Gasteiger partial charge on any atom is -0.310 e. The molecule has 0 amide bonds. The zero-order valence-electron chi connectivity index (χ0n) is 12.0. The van der Waals surface area contributed by atoms with Gasteiger partial charge in [-0.1, -0.05) is 6.07 Å². The fourth-order valence-corrected chi connectivity index (χ4v) is 3.67. The maximum Gasteiger partial charge on any atom is 0.139 e. The topological polar surface area (TPSA) is 32.6 Å². The molecule has 1 N–H and O–H groups in total. The summed E-state index contributed by atoms with van der Waals surface area (Å²) in [6, 6.07) is 5.67. The van der Waals surface area contributed by atoms with E-state index in [1.165, 1.54) is 43.6 Å². The number of pyridine rings is 1. The van der Waals surface area contributed by atoms with Crippen LogP contribution in [0, 0.1) is 6.92 Å². The van der Waals surface area contributed by atoms with Gasteiger partial charge in [-0.2, -0.15) is 0 Å². The maximum absolute atomic E-state index is 4.80. The van der Waals surface area contributed by atoms with Gasteiger partial charge in [0.05, 0.1) is 5.69 Å². The molecule has 0 saturated carbocycles. The second-order valence-electron chi connectivity index (χ2n) is 6.32. The van der Waals surface area contributed by atoms with E-state index in [4.69, 9.17) is 4.98 Å². The molecule has 2 saturated heterocycles. The van der Waals surface area contributed by atoms with Crippen molar-refractivity contribution in [1.82, 2.24) is 19.6 Å². The summed E-state index contributed by atoms with van der Waals surface area (Å²) in [7, 11) is 0. The highest BCUT2D eigenvalue weighted by Crippen LogP contribution is 2.21. The minimum absolute atomic E-state index is 0.696. The highest BCUT2D eigenvalue weighted by molar-refractivity contribution is 5.47. The van der Waals surface area contributed by atoms with E-state index >= 15 is 0 Å². The Bertz CT molecular complexity index is 618. The second kappa shape index (κ2) is 4.86. The van der Waals surface area contributed by atoms with Crippen LogP contribution in [0.3, 0.4) is 0 Å². The van der Waals surface area contributed by atoms with Crippen LogP contribution in [0.25, 0.3) is 5.65 Å². The van der Waals surface area contributed by atoms with Crippen molar-refractivity contribution in [2.24, 2.45) is 0 Å². The lowest BCUT2D eigenvalue weighted by molar-refractivity contribution is 0.248. The van der Waals surface area contributed by atoms with E-state index in [9.17, 15) is 0 Å². The predicted octanol–water partition coefficient (Wildman–Crippen LogP) is 1.97. The van der Waals surface area contributed by atoms with Crippen molar-refractivity contribution in [2.45, 2.75) is 44.8 Å². The van der Waals surface area contributed by atoms with Crippen LogP contribution in [0.2, 0.25) is 0 Å². The summed E-state index contributed by atoms with van der Waals surface area (Å²) in [4.78, 5) is 7.36. The number of hydrogen-bond acceptors (Lipinski definition) is 3. The molecule has 2 unspecified atom stereocenters. The molecule has 4 rings (SSSR count). The molecule has 20 heavy (non-hydrogen) atoms. The van der Waals surface area contributed by atoms with Crippen molar-refractivity contribution in [3.63, 3.8) is 0 Å². The highest BCUT2D eigenvalue weighted by atomic mass is 15.2. The summed E-state index contributed by atoms with van der Waals surface area (Å²) in [5, 5.41) is 3.74. The fourth-order valence-electron chi connectivity index (χ4n) is 3.67. The van der Waals surface area contributed by atoms with Crippen LogP contribution in [0.15, 0.2) is 24.5 Å². The van der Waals surface area contributed by atoms with Crippen molar-refractivity contribution >= 4 is 5.65 Å². The Morgan fingerprint density at radius 2 is 2.20 bits per heavy atom. The van der Waals surface area contributed by atoms with Crippen LogP contribution >= 0.6 is 0 Å². The van der Waals surface area contributed by atoms with E-state index in [0.29, 0.717) is 6.04 Å². The Morgan fingerprint density at radius 3 is 3.10 bits per heavy atom. The third kappa shape index (κ3) is 2.23. The Morgan fingerprint density at radius 1 is 1.30 bits per heavy atom. The Hall–Kier alpha value is -1.39. The first-order valence-corrected chi connectivity index (χ1v) is 7.69. The number of rotatable bonds is 2. The summed E-state index contributed by atoms with van der Waals surface area (Å²) in [5.41, 5.74) is 3.53. The zero-order valence-corrected chi connectivity index (χ0v) is 12.0. The summed E-state index contributed by atoms with van der Waals surface area (Å²) in [5.74, 6) is 0. The van der Waals surface area contributed by atoms with Crippen LogP contribution < -0.4 is 5.32 Å². The van der Waals surface area contributed by atoms with Gasteiger partial charge in [0, 0.05) is 44.1 Å². The van der Waals surface area contributed by atoms with Gasteiger partial charge >= 0.3 is 0 Å². The maximum atomic E-state index is 4.80. The number of likely N-dealkylation sites (tertiary alicyclic amines) is 1. The number of nitrogens with zero attached hydrogens (tertiary/aromatic N) is 3. The number of hydrogen-bond donors (Lipinski definition) is 1. The van der Waals surface area contributed by atoms with E-state index in [1.54, 1.807) is 0 Å². The molecular weight excluding hydrogens is 248 g/mol. The van der Waals surface area contributed by atoms with Crippen LogP contribution in [0.4, 0.5) is 0 Å². The molecule has 0 spiro atoms. The van der Waals surface area contributed by atoms with Gasteiger partial charge in [-0.25, -0.2) is 4.98 Å². The van der Waals surface area contributed by atoms with Crippen molar-refractivity contribution in [3.05, 3.63) is 35.8 Å². The molecule has 2 aliphatic heterocycles. The largest absolute Gasteiger partial charge is 0.310 e. The standard InChI is InChI=1S/C16H22N4/c1-12-3-2-7-20-11-15(18-16(12)20)10-19-8-6-13-4-5-14(9-19)17-13/h2-3,7,11,13-14,17H,4-6,8-10H2,1H3. The number of imidazole rings is 1. The molecular formula is C16H22N4. The molecule has 4 heteroatoms. The van der Waals surface area contributed by atoms with E-state index in [-0.39, 0.29) is 0 Å². The molecule has 2 fully saturated rings. The van der Waals surface area contributed by atoms with Crippen LogP contribution in [0.5, 0.6) is 0 Å². The van der Waals surface area contributed by atoms with Crippen LogP contribution in [-0.4, -0.2) is 39.5 Å². The van der Waals surface area contributed by atoms with Gasteiger partial charge < -0.3 is 9.72 Å². The van der Waals surface area contributed by atoms with Gasteiger partial charge in [-0.05, 0) is 37.8 Å². The Balaban J connectivity index is 1.53. The number of aromatic nitrogens is 2. The smallest absolute Gasteiger partial charge is 0.139 e. The van der Waals surface area contributed by atoms with E-state index in [1.807, 2.05) is 0 Å². The van der Waals surface area contributed by atoms with Gasteiger partial charge in [0.15, 0.2) is 0 Å². The van der Waals surface area contributed by atoms with Crippen molar-refractivity contribution in [2.75, 3.05) is 13.1 Å². The van der Waals surface area contributed by atoms with Gasteiger partial charge in [-0.15, -0.1) is 0 Å². The number of fused-ring (bicyclic) bond motifs is 3. The molecule has 2 bridgehead atoms. The normalized spacial score (nSPS) is 27.1. The number of nitrogens with one attached hydrogen (secondary N) is 1. The average Bonchev–Trinajstić information content (AvgIpc) is 2.97. The molecule has 0 aromatic carbocycles. The van der Waals surface area contributed by atoms with Crippen molar-refractivity contribution in [1.29, 1.82) is 0 Å². The number of aryl methyl sites for hydroxylation is 1. The second-order valence-corrected chi connectivity index (χ2v) is 6.32. The third-order valence-electron chi connectivity index (χ3n) is 4.72. The molecule has 4 nitrogen and oxygen atoms in total. The summed E-state index contributed by atoms with van der Waals surface area (Å²) in [6.07, 6.45) is 8.25. The molecule has 2 aliphatic rings. The van der Waals surface area contributed by atoms with E-state index < -0.39 is 0 Å². The van der Waals surface area contributed by atoms with Crippen LogP contribution in [0.1, 0.15) is 30.5 Å². The first kappa shape index (κ1) is 12.4. The zero-order chi connectivity index (χ0) is 13.5. The minimum atomic E-state index is 0.696. The SMILES string of the molecule is Cc1cccn2cc(CN3CCC4CCC(C3)N4)nc12. The van der Waals surface area contributed by atoms with Gasteiger partial charge in [0.1, 0.15) is 5.65 Å². The molecule has 0 aliphatic carbocycles. The Labute approximate surface area is 119 Å². The predicted molar refractivity (Wildman–Crippen MR) is 79.8 cm³/mol. The van der Waals surface area contributed by atoms with E-state index in [2.05, 4.69) is 46.1 Å². The third-order valence-corrected chi connectivity index (χ3v) is 4.72. The lowest BCUT2D eigenvalue weighted by atomic mass is 10.1. The highest BCUT2D eigenvalue weighted by Gasteiger charge is 2.29. The van der Waals surface area contributed by atoms with E-state index in [0.717, 1.165) is 18.2 Å². The van der Waals surface area contributed by atoms with Gasteiger partial charge in [0.25, 0.3) is 0 Å². The molecule has 0 radical (unpaired) electrons. The van der Waals surface area contributed by atoms with Crippen LogP contribution in [-0.2, 0) is 6.54 Å². The summed E-state index contributed by atoms with van der Waals surface area (Å²) in [6.45, 7) is 5.47.